The number of alkyl halides is 3. The Kier molecular flexibility index (Phi) is 15.5. The number of carbonyl (C=O) groups is 1. The van der Waals surface area contributed by atoms with Gasteiger partial charge in [0.05, 0.1) is 17.7 Å². The zero-order chi connectivity index (χ0) is 32.5. The number of carbonyl (C=O) groups excluding carboxylic acids is 1. The Hall–Kier alpha value is -2.50. The van der Waals surface area contributed by atoms with Crippen LogP contribution in [0.5, 0.6) is 0 Å². The molecule has 0 saturated heterocycles. The van der Waals surface area contributed by atoms with Crippen molar-refractivity contribution in [1.29, 1.82) is 0 Å². The fourth-order valence-corrected chi connectivity index (χ4v) is 5.09. The molecule has 0 amide bonds. The molecule has 0 spiro atoms. The molecule has 1 heterocycles. The zero-order valence-corrected chi connectivity index (χ0v) is 30.1. The Morgan fingerprint density at radius 2 is 1.57 bits per heavy atom. The van der Waals surface area contributed by atoms with Crippen LogP contribution in [0.3, 0.4) is 0 Å². The van der Waals surface area contributed by atoms with Crippen LogP contribution in [0, 0.1) is 30.7 Å². The molecule has 0 aliphatic carbocycles. The maximum absolute atomic E-state index is 12.2. The number of halogens is 3. The molecule has 1 unspecified atom stereocenters. The molecule has 3 aromatic rings. The van der Waals surface area contributed by atoms with Crippen molar-refractivity contribution in [2.45, 2.75) is 106 Å². The largest absolute Gasteiger partial charge is 0.512 e. The van der Waals surface area contributed by atoms with Crippen molar-refractivity contribution < 1.29 is 43.2 Å². The van der Waals surface area contributed by atoms with Gasteiger partial charge in [0.15, 0.2) is 5.78 Å². The van der Waals surface area contributed by atoms with Crippen molar-refractivity contribution in [2.24, 2.45) is 17.8 Å². The van der Waals surface area contributed by atoms with Crippen molar-refractivity contribution >= 4 is 16.7 Å². The van der Waals surface area contributed by atoms with E-state index >= 15 is 0 Å². The Balaban J connectivity index is 0.000000456. The number of aliphatic hydroxyl groups is 1. The summed E-state index contributed by atoms with van der Waals surface area (Å²) in [6.45, 7) is 18.7. The van der Waals surface area contributed by atoms with Gasteiger partial charge in [-0.25, -0.2) is 0 Å². The first-order valence-corrected chi connectivity index (χ1v) is 15.4. The first kappa shape index (κ1) is 39.5. The molecule has 7 heteroatoms. The summed E-state index contributed by atoms with van der Waals surface area (Å²) >= 11 is 0. The zero-order valence-electron chi connectivity index (χ0n) is 27.7. The Morgan fingerprint density at radius 3 is 2.09 bits per heavy atom. The third kappa shape index (κ3) is 12.1. The number of nitrogens with zero attached hydrogens (tertiary/aromatic N) is 1. The number of rotatable bonds is 10. The maximum Gasteiger partial charge on any atom is 0.389 e. The minimum Gasteiger partial charge on any atom is -0.512 e. The van der Waals surface area contributed by atoms with E-state index in [1.807, 2.05) is 13.8 Å². The van der Waals surface area contributed by atoms with E-state index < -0.39 is 24.3 Å². The molecule has 1 aromatic heterocycles. The van der Waals surface area contributed by atoms with Gasteiger partial charge in [0.1, 0.15) is 0 Å². The van der Waals surface area contributed by atoms with Crippen molar-refractivity contribution in [1.82, 2.24) is 4.98 Å². The maximum atomic E-state index is 12.2. The number of aryl methyl sites for hydroxylation is 1. The summed E-state index contributed by atoms with van der Waals surface area (Å²) in [5, 5.41) is 10.9. The molecule has 0 fully saturated rings. The fourth-order valence-electron chi connectivity index (χ4n) is 5.09. The van der Waals surface area contributed by atoms with Gasteiger partial charge in [-0.2, -0.15) is 13.2 Å². The van der Waals surface area contributed by atoms with Crippen LogP contribution in [0.25, 0.3) is 22.2 Å². The number of hydrogen-bond acceptors (Lipinski definition) is 3. The average molecular weight is 789 g/mol. The van der Waals surface area contributed by atoms with Gasteiger partial charge in [-0.3, -0.25) is 9.78 Å². The third-order valence-corrected chi connectivity index (χ3v) is 7.64. The average Bonchev–Trinajstić information content (AvgIpc) is 2.91. The molecule has 2 aromatic carbocycles. The van der Waals surface area contributed by atoms with Crippen LogP contribution >= 0.6 is 0 Å². The molecule has 44 heavy (non-hydrogen) atoms. The van der Waals surface area contributed by atoms with Crippen molar-refractivity contribution in [3.8, 4) is 11.3 Å². The van der Waals surface area contributed by atoms with E-state index in [0.717, 1.165) is 29.3 Å². The third-order valence-electron chi connectivity index (χ3n) is 7.64. The summed E-state index contributed by atoms with van der Waals surface area (Å²) in [6, 6.07) is 18.7. The minimum atomic E-state index is -4.35. The quantitative estimate of drug-likeness (QED) is 0.126. The molecule has 245 valence electrons. The van der Waals surface area contributed by atoms with E-state index in [2.05, 4.69) is 90.1 Å². The van der Waals surface area contributed by atoms with Crippen LogP contribution in [-0.4, -0.2) is 22.1 Å². The summed E-state index contributed by atoms with van der Waals surface area (Å²) in [5.74, 6) is -1.38. The van der Waals surface area contributed by atoms with Crippen LogP contribution in [0.4, 0.5) is 13.2 Å². The molecule has 0 bridgehead atoms. The Labute approximate surface area is 276 Å². The summed E-state index contributed by atoms with van der Waals surface area (Å²) < 4.78 is 36.7. The van der Waals surface area contributed by atoms with Crippen molar-refractivity contribution in [3.05, 3.63) is 77.1 Å². The van der Waals surface area contributed by atoms with Crippen LogP contribution < -0.4 is 0 Å². The molecule has 3 rings (SSSR count). The van der Waals surface area contributed by atoms with E-state index in [4.69, 9.17) is 4.98 Å². The molecule has 0 saturated carbocycles. The number of fused-ring (bicyclic) bond motifs is 1. The van der Waals surface area contributed by atoms with Gasteiger partial charge in [0.25, 0.3) is 0 Å². The van der Waals surface area contributed by atoms with Gasteiger partial charge in [0, 0.05) is 43.4 Å². The number of para-hydroxylation sites is 1. The van der Waals surface area contributed by atoms with Gasteiger partial charge in [-0.15, -0.1) is 34.9 Å². The predicted molar refractivity (Wildman–Crippen MR) is 172 cm³/mol. The monoisotopic (exact) mass is 789 g/mol. The smallest absolute Gasteiger partial charge is 0.389 e. The van der Waals surface area contributed by atoms with E-state index in [9.17, 15) is 23.1 Å². The second-order valence-electron chi connectivity index (χ2n) is 12.9. The predicted octanol–water partition coefficient (Wildman–Crippen LogP) is 10.9. The Morgan fingerprint density at radius 1 is 0.977 bits per heavy atom. The molecule has 1 atom stereocenters. The number of ketones is 1. The van der Waals surface area contributed by atoms with E-state index in [1.54, 1.807) is 0 Å². The molecule has 0 aliphatic rings. The van der Waals surface area contributed by atoms with Gasteiger partial charge in [0.2, 0.25) is 0 Å². The van der Waals surface area contributed by atoms with Gasteiger partial charge in [-0.1, -0.05) is 86.6 Å². The molecular formula is C37H49F3IrNO2-. The van der Waals surface area contributed by atoms with E-state index in [0.29, 0.717) is 18.8 Å². The van der Waals surface area contributed by atoms with Gasteiger partial charge < -0.3 is 5.11 Å². The van der Waals surface area contributed by atoms with E-state index in [-0.39, 0.29) is 43.6 Å². The molecule has 1 N–H and O–H groups in total. The second kappa shape index (κ2) is 17.3. The number of allylic oxidation sites excluding steroid dienone is 2. The molecular weight excluding hydrogens is 740 g/mol. The summed E-state index contributed by atoms with van der Waals surface area (Å²) in [6.07, 6.45) is -2.02. The normalized spacial score (nSPS) is 13.0. The van der Waals surface area contributed by atoms with Crippen LogP contribution in [0.1, 0.15) is 97.8 Å². The number of aromatic nitrogens is 1. The fraction of sp³-hybridized carbons (Fsp3) is 0.514. The number of hydrogen-bond donors (Lipinski definition) is 1. The first-order valence-electron chi connectivity index (χ1n) is 15.4. The van der Waals surface area contributed by atoms with Crippen LogP contribution in [0.15, 0.2) is 54.3 Å². The number of benzene rings is 2. The van der Waals surface area contributed by atoms with E-state index in [1.165, 1.54) is 29.0 Å². The van der Waals surface area contributed by atoms with Gasteiger partial charge >= 0.3 is 6.18 Å². The molecule has 3 nitrogen and oxygen atoms in total. The summed E-state index contributed by atoms with van der Waals surface area (Å²) in [4.78, 5) is 16.6. The van der Waals surface area contributed by atoms with Crippen LogP contribution in [-0.2, 0) is 36.7 Å². The van der Waals surface area contributed by atoms with Crippen molar-refractivity contribution in [2.75, 3.05) is 0 Å². The topological polar surface area (TPSA) is 50.2 Å². The first-order chi connectivity index (χ1) is 20.0. The summed E-state index contributed by atoms with van der Waals surface area (Å²) in [7, 11) is 0. The standard InChI is InChI=1S/C24H28N.C13H21F3O2.Ir/c1-16(2)11-18-15-23(25-22-10-8-7-9-21(18)22)19-12-17(3)13-20(14-19)24(4,5)6;1-4-9(5-2)11(17)7-12(18)10(6-3)8-13(14,15)16;/h7-10,13-16H,11H2,1-6H3;7,9-10,17H,4-6,8H2,1-3H3;/q-1;;/b;11-7-;. The number of pyridine rings is 1. The SMILES string of the molecule is CCC(CC(F)(F)F)C(=O)/C=C(\O)C(CC)CC.Cc1[c-]c(-c2cc(CC(C)C)c3ccccc3n2)cc(C(C)(C)C)c1.[Ir]. The minimum absolute atomic E-state index is 0. The van der Waals surface area contributed by atoms with Gasteiger partial charge in [-0.05, 0) is 54.3 Å². The Bertz CT molecular complexity index is 1390. The molecule has 1 radical (unpaired) electrons. The molecule has 0 aliphatic heterocycles. The van der Waals surface area contributed by atoms with Crippen molar-refractivity contribution in [3.63, 3.8) is 0 Å². The number of aliphatic hydroxyl groups excluding tert-OH is 1. The summed E-state index contributed by atoms with van der Waals surface area (Å²) in [5.41, 5.74) is 7.20. The van der Waals surface area contributed by atoms with Crippen LogP contribution in [0.2, 0.25) is 0 Å². The second-order valence-corrected chi connectivity index (χ2v) is 12.9.